The largest absolute Gasteiger partial charge is 0.497 e. The van der Waals surface area contributed by atoms with Crippen LogP contribution < -0.4 is 4.74 Å². The SMILES string of the molecule is COc1ccc2sc(S(C)(=O)=O)nc2c1. The lowest BCUT2D eigenvalue weighted by Gasteiger charge is -1.96. The molecule has 1 heterocycles. The number of fused-ring (bicyclic) bond motifs is 1. The molecule has 0 spiro atoms. The number of thiazole rings is 1. The van der Waals surface area contributed by atoms with E-state index in [1.165, 1.54) is 11.3 Å². The fourth-order valence-corrected chi connectivity index (χ4v) is 2.99. The van der Waals surface area contributed by atoms with Gasteiger partial charge in [-0.3, -0.25) is 0 Å². The minimum atomic E-state index is -3.22. The number of hydrogen-bond acceptors (Lipinski definition) is 5. The van der Waals surface area contributed by atoms with Gasteiger partial charge in [0.2, 0.25) is 14.2 Å². The molecule has 0 unspecified atom stereocenters. The molecule has 0 N–H and O–H groups in total. The number of benzene rings is 1. The summed E-state index contributed by atoms with van der Waals surface area (Å²) >= 11 is 1.17. The van der Waals surface area contributed by atoms with Gasteiger partial charge in [0.15, 0.2) is 0 Å². The van der Waals surface area contributed by atoms with Crippen molar-refractivity contribution < 1.29 is 13.2 Å². The fraction of sp³-hybridized carbons (Fsp3) is 0.222. The number of nitrogens with zero attached hydrogens (tertiary/aromatic N) is 1. The van der Waals surface area contributed by atoms with E-state index < -0.39 is 9.84 Å². The van der Waals surface area contributed by atoms with Gasteiger partial charge in [0.25, 0.3) is 0 Å². The molecule has 1 aromatic heterocycles. The minimum Gasteiger partial charge on any atom is -0.497 e. The summed E-state index contributed by atoms with van der Waals surface area (Å²) in [5.74, 6) is 0.674. The maximum absolute atomic E-state index is 11.3. The van der Waals surface area contributed by atoms with Crippen molar-refractivity contribution in [1.29, 1.82) is 0 Å². The highest BCUT2D eigenvalue weighted by molar-refractivity contribution is 7.92. The molecule has 0 saturated carbocycles. The van der Waals surface area contributed by atoms with Crippen LogP contribution >= 0.6 is 11.3 Å². The van der Waals surface area contributed by atoms with E-state index in [1.54, 1.807) is 25.3 Å². The first kappa shape index (κ1) is 10.4. The van der Waals surface area contributed by atoms with Crippen LogP contribution in [0.4, 0.5) is 0 Å². The number of sulfone groups is 1. The highest BCUT2D eigenvalue weighted by Gasteiger charge is 2.13. The summed E-state index contributed by atoms with van der Waals surface area (Å²) in [4.78, 5) is 4.04. The quantitative estimate of drug-likeness (QED) is 0.805. The third-order valence-electron chi connectivity index (χ3n) is 1.89. The Bertz CT molecular complexity index is 601. The molecule has 0 saturated heterocycles. The van der Waals surface area contributed by atoms with Gasteiger partial charge in [0.05, 0.1) is 17.3 Å². The van der Waals surface area contributed by atoms with E-state index in [0.717, 1.165) is 11.0 Å². The number of methoxy groups -OCH3 is 1. The monoisotopic (exact) mass is 243 g/mol. The van der Waals surface area contributed by atoms with Crippen molar-refractivity contribution in [2.45, 2.75) is 4.34 Å². The summed E-state index contributed by atoms with van der Waals surface area (Å²) in [5.41, 5.74) is 0.653. The molecular weight excluding hydrogens is 234 g/mol. The number of hydrogen-bond donors (Lipinski definition) is 0. The predicted molar refractivity (Wildman–Crippen MR) is 59.3 cm³/mol. The Balaban J connectivity index is 2.66. The van der Waals surface area contributed by atoms with Gasteiger partial charge in [-0.15, -0.1) is 11.3 Å². The molecule has 80 valence electrons. The van der Waals surface area contributed by atoms with Gasteiger partial charge in [-0.2, -0.15) is 0 Å². The van der Waals surface area contributed by atoms with Gasteiger partial charge < -0.3 is 4.74 Å². The molecule has 0 aliphatic heterocycles. The summed E-state index contributed by atoms with van der Waals surface area (Å²) in [6, 6.07) is 5.31. The van der Waals surface area contributed by atoms with Crippen LogP contribution in [0.15, 0.2) is 22.5 Å². The second-order valence-electron chi connectivity index (χ2n) is 3.09. The average Bonchev–Trinajstić information content (AvgIpc) is 2.59. The Kier molecular flexibility index (Phi) is 2.40. The van der Waals surface area contributed by atoms with Gasteiger partial charge in [-0.1, -0.05) is 0 Å². The second kappa shape index (κ2) is 3.46. The molecule has 0 fully saturated rings. The van der Waals surface area contributed by atoms with E-state index in [4.69, 9.17) is 4.74 Å². The van der Waals surface area contributed by atoms with Crippen molar-refractivity contribution in [2.24, 2.45) is 0 Å². The minimum absolute atomic E-state index is 0.144. The van der Waals surface area contributed by atoms with E-state index in [0.29, 0.717) is 11.3 Å². The molecule has 1 aromatic carbocycles. The summed E-state index contributed by atoms with van der Waals surface area (Å²) in [7, 11) is -1.66. The van der Waals surface area contributed by atoms with E-state index in [-0.39, 0.29) is 4.34 Å². The normalized spacial score (nSPS) is 11.9. The third-order valence-corrected chi connectivity index (χ3v) is 4.61. The Morgan fingerprint density at radius 2 is 2.13 bits per heavy atom. The lowest BCUT2D eigenvalue weighted by atomic mass is 10.3. The number of rotatable bonds is 2. The van der Waals surface area contributed by atoms with Crippen LogP contribution in [0.5, 0.6) is 5.75 Å². The Morgan fingerprint density at radius 1 is 1.40 bits per heavy atom. The van der Waals surface area contributed by atoms with E-state index in [9.17, 15) is 8.42 Å². The first-order valence-corrected chi connectivity index (χ1v) is 6.86. The van der Waals surface area contributed by atoms with Crippen LogP contribution in [-0.2, 0) is 9.84 Å². The lowest BCUT2D eigenvalue weighted by Crippen LogP contribution is -1.94. The molecule has 0 amide bonds. The second-order valence-corrected chi connectivity index (χ2v) is 6.31. The van der Waals surface area contributed by atoms with Crippen molar-refractivity contribution >= 4 is 31.4 Å². The van der Waals surface area contributed by atoms with E-state index >= 15 is 0 Å². The molecule has 2 rings (SSSR count). The van der Waals surface area contributed by atoms with Crippen LogP contribution in [0.2, 0.25) is 0 Å². The Labute approximate surface area is 91.4 Å². The lowest BCUT2D eigenvalue weighted by molar-refractivity contribution is 0.415. The fourth-order valence-electron chi connectivity index (χ4n) is 1.17. The molecule has 15 heavy (non-hydrogen) atoms. The molecule has 0 aliphatic rings. The maximum atomic E-state index is 11.3. The van der Waals surface area contributed by atoms with Crippen molar-refractivity contribution in [3.63, 3.8) is 0 Å². The zero-order chi connectivity index (χ0) is 11.1. The van der Waals surface area contributed by atoms with Gasteiger partial charge in [-0.25, -0.2) is 13.4 Å². The number of ether oxygens (including phenoxy) is 1. The van der Waals surface area contributed by atoms with Crippen molar-refractivity contribution in [3.8, 4) is 5.75 Å². The Morgan fingerprint density at radius 3 is 2.73 bits per heavy atom. The first-order chi connectivity index (χ1) is 7.00. The standard InChI is InChI=1S/C9H9NO3S2/c1-13-6-3-4-8-7(5-6)10-9(14-8)15(2,11)12/h3-5H,1-2H3. The van der Waals surface area contributed by atoms with Crippen molar-refractivity contribution in [2.75, 3.05) is 13.4 Å². The molecule has 0 radical (unpaired) electrons. The van der Waals surface area contributed by atoms with Gasteiger partial charge in [0.1, 0.15) is 5.75 Å². The smallest absolute Gasteiger partial charge is 0.210 e. The summed E-state index contributed by atoms with van der Waals surface area (Å²) < 4.78 is 28.6. The molecule has 2 aromatic rings. The zero-order valence-corrected chi connectivity index (χ0v) is 9.85. The first-order valence-electron chi connectivity index (χ1n) is 4.15. The van der Waals surface area contributed by atoms with Gasteiger partial charge in [-0.05, 0) is 12.1 Å². The average molecular weight is 243 g/mol. The molecule has 0 aliphatic carbocycles. The highest BCUT2D eigenvalue weighted by atomic mass is 32.2. The van der Waals surface area contributed by atoms with Crippen LogP contribution in [0.25, 0.3) is 10.2 Å². The van der Waals surface area contributed by atoms with Crippen molar-refractivity contribution in [3.05, 3.63) is 18.2 Å². The number of aromatic nitrogens is 1. The molecule has 6 heteroatoms. The summed E-state index contributed by atoms with van der Waals surface area (Å²) in [6.07, 6.45) is 1.15. The van der Waals surface area contributed by atoms with Crippen LogP contribution in [-0.4, -0.2) is 26.8 Å². The molecule has 4 nitrogen and oxygen atoms in total. The summed E-state index contributed by atoms with van der Waals surface area (Å²) in [5, 5.41) is 0. The van der Waals surface area contributed by atoms with E-state index in [2.05, 4.69) is 4.98 Å². The Hall–Kier alpha value is -1.14. The van der Waals surface area contributed by atoms with E-state index in [1.807, 2.05) is 0 Å². The topological polar surface area (TPSA) is 56.3 Å². The van der Waals surface area contributed by atoms with Crippen LogP contribution in [0.1, 0.15) is 0 Å². The third kappa shape index (κ3) is 1.95. The van der Waals surface area contributed by atoms with Crippen molar-refractivity contribution in [1.82, 2.24) is 4.98 Å². The zero-order valence-electron chi connectivity index (χ0n) is 8.22. The van der Waals surface area contributed by atoms with Crippen LogP contribution in [0.3, 0.4) is 0 Å². The molecular formula is C9H9NO3S2. The predicted octanol–water partition coefficient (Wildman–Crippen LogP) is 1.71. The maximum Gasteiger partial charge on any atom is 0.210 e. The van der Waals surface area contributed by atoms with Gasteiger partial charge in [0, 0.05) is 12.3 Å². The van der Waals surface area contributed by atoms with Crippen LogP contribution in [0, 0.1) is 0 Å². The molecule has 0 bridgehead atoms. The van der Waals surface area contributed by atoms with Gasteiger partial charge >= 0.3 is 0 Å². The molecule has 0 atom stereocenters. The summed E-state index contributed by atoms with van der Waals surface area (Å²) in [6.45, 7) is 0. The highest BCUT2D eigenvalue weighted by Crippen LogP contribution is 2.28.